The van der Waals surface area contributed by atoms with E-state index in [1.165, 1.54) is 24.3 Å². The van der Waals surface area contributed by atoms with E-state index in [4.69, 9.17) is 0 Å². The summed E-state index contributed by atoms with van der Waals surface area (Å²) in [6, 6.07) is 16.1. The third kappa shape index (κ3) is 4.63. The molecule has 1 aliphatic carbocycles. The van der Waals surface area contributed by atoms with Crippen LogP contribution in [0, 0.1) is 6.92 Å². The monoisotopic (exact) mass is 401 g/mol. The van der Waals surface area contributed by atoms with Crippen molar-refractivity contribution in [2.75, 3.05) is 5.32 Å². The van der Waals surface area contributed by atoms with Crippen molar-refractivity contribution in [1.29, 1.82) is 0 Å². The Bertz CT molecular complexity index is 1030. The fraction of sp³-hybridized carbons (Fsp3) is 0.217. The van der Waals surface area contributed by atoms with Crippen LogP contribution in [0.25, 0.3) is 0 Å². The van der Waals surface area contributed by atoms with Crippen molar-refractivity contribution in [3.8, 4) is 0 Å². The molecule has 4 rings (SSSR count). The molecule has 0 radical (unpaired) electrons. The molecule has 152 valence electrons. The number of benzene rings is 2. The molecular weight excluding hydrogens is 378 g/mol. The van der Waals surface area contributed by atoms with E-state index >= 15 is 0 Å². The standard InChI is InChI=1S/C23H23N5O2/c1-16-2-6-19(7-3-16)27-20-8-4-17(5-9-20)12-26-22(30)23(10-11-23)28-21(29)18-13-24-15-25-14-18/h2-9,13-15,27H,10-12H2,1H3,(H,26,30)(H,28,29). The Kier molecular flexibility index (Phi) is 5.43. The van der Waals surface area contributed by atoms with Crippen molar-refractivity contribution in [3.63, 3.8) is 0 Å². The number of carbonyl (C=O) groups is 2. The Balaban J connectivity index is 1.30. The lowest BCUT2D eigenvalue weighted by Gasteiger charge is -2.17. The molecule has 1 heterocycles. The molecule has 0 bridgehead atoms. The third-order valence-corrected chi connectivity index (χ3v) is 5.11. The van der Waals surface area contributed by atoms with Crippen LogP contribution in [0.2, 0.25) is 0 Å². The molecule has 0 aliphatic heterocycles. The number of carbonyl (C=O) groups excluding carboxylic acids is 2. The first-order chi connectivity index (χ1) is 14.5. The Morgan fingerprint density at radius 3 is 2.13 bits per heavy atom. The number of aryl methyl sites for hydroxylation is 1. The molecule has 2 aromatic carbocycles. The van der Waals surface area contributed by atoms with Crippen molar-refractivity contribution in [3.05, 3.63) is 83.9 Å². The smallest absolute Gasteiger partial charge is 0.255 e. The summed E-state index contributed by atoms with van der Waals surface area (Å²) < 4.78 is 0. The van der Waals surface area contributed by atoms with Gasteiger partial charge in [0, 0.05) is 30.3 Å². The van der Waals surface area contributed by atoms with E-state index in [-0.39, 0.29) is 11.8 Å². The molecule has 3 N–H and O–H groups in total. The van der Waals surface area contributed by atoms with Crippen molar-refractivity contribution < 1.29 is 9.59 Å². The number of rotatable bonds is 7. The molecule has 0 atom stereocenters. The number of hydrogen-bond acceptors (Lipinski definition) is 5. The highest BCUT2D eigenvalue weighted by atomic mass is 16.2. The van der Waals surface area contributed by atoms with E-state index in [2.05, 4.69) is 45.0 Å². The summed E-state index contributed by atoms with van der Waals surface area (Å²) in [4.78, 5) is 32.6. The van der Waals surface area contributed by atoms with Gasteiger partial charge in [-0.05, 0) is 49.6 Å². The SMILES string of the molecule is Cc1ccc(Nc2ccc(CNC(=O)C3(NC(=O)c4cncnc4)CC3)cc2)cc1. The Morgan fingerprint density at radius 2 is 1.53 bits per heavy atom. The number of nitrogens with one attached hydrogen (secondary N) is 3. The predicted octanol–water partition coefficient (Wildman–Crippen LogP) is 3.11. The van der Waals surface area contributed by atoms with Gasteiger partial charge in [0.1, 0.15) is 11.9 Å². The lowest BCUT2D eigenvalue weighted by Crippen LogP contribution is -2.48. The van der Waals surface area contributed by atoms with E-state index in [9.17, 15) is 9.59 Å². The molecule has 1 fully saturated rings. The molecule has 30 heavy (non-hydrogen) atoms. The summed E-state index contributed by atoms with van der Waals surface area (Å²) in [7, 11) is 0. The summed E-state index contributed by atoms with van der Waals surface area (Å²) in [6.45, 7) is 2.45. The largest absolute Gasteiger partial charge is 0.356 e. The Morgan fingerprint density at radius 1 is 0.933 bits per heavy atom. The second-order valence-corrected chi connectivity index (χ2v) is 7.53. The summed E-state index contributed by atoms with van der Waals surface area (Å²) in [5.41, 5.74) is 3.71. The minimum atomic E-state index is -0.833. The van der Waals surface area contributed by atoms with Gasteiger partial charge in [-0.3, -0.25) is 9.59 Å². The first-order valence-corrected chi connectivity index (χ1v) is 9.83. The zero-order chi connectivity index (χ0) is 21.0. The van der Waals surface area contributed by atoms with Crippen molar-refractivity contribution in [2.24, 2.45) is 0 Å². The van der Waals surface area contributed by atoms with E-state index in [0.717, 1.165) is 16.9 Å². The van der Waals surface area contributed by atoms with Crippen LogP contribution in [0.5, 0.6) is 0 Å². The van der Waals surface area contributed by atoms with Crippen LogP contribution in [0.3, 0.4) is 0 Å². The Hall–Kier alpha value is -3.74. The van der Waals surface area contributed by atoms with E-state index in [1.54, 1.807) is 0 Å². The van der Waals surface area contributed by atoms with Gasteiger partial charge in [0.25, 0.3) is 5.91 Å². The maximum Gasteiger partial charge on any atom is 0.255 e. The first-order valence-electron chi connectivity index (χ1n) is 9.83. The van der Waals surface area contributed by atoms with Crippen LogP contribution < -0.4 is 16.0 Å². The van der Waals surface area contributed by atoms with Crippen molar-refractivity contribution in [2.45, 2.75) is 31.8 Å². The summed E-state index contributed by atoms with van der Waals surface area (Å²) in [5, 5.41) is 9.10. The summed E-state index contributed by atoms with van der Waals surface area (Å²) in [5.74, 6) is -0.510. The van der Waals surface area contributed by atoms with Crippen LogP contribution in [-0.2, 0) is 11.3 Å². The Labute approximate surface area is 175 Å². The van der Waals surface area contributed by atoms with Gasteiger partial charge in [0.2, 0.25) is 5.91 Å². The van der Waals surface area contributed by atoms with Gasteiger partial charge >= 0.3 is 0 Å². The molecule has 1 aromatic heterocycles. The fourth-order valence-electron chi connectivity index (χ4n) is 3.10. The maximum absolute atomic E-state index is 12.6. The summed E-state index contributed by atoms with van der Waals surface area (Å²) in [6.07, 6.45) is 5.47. The summed E-state index contributed by atoms with van der Waals surface area (Å²) >= 11 is 0. The number of hydrogen-bond donors (Lipinski definition) is 3. The maximum atomic E-state index is 12.6. The highest BCUT2D eigenvalue weighted by Gasteiger charge is 2.51. The lowest BCUT2D eigenvalue weighted by atomic mass is 10.1. The quantitative estimate of drug-likeness (QED) is 0.565. The number of aromatic nitrogens is 2. The van der Waals surface area contributed by atoms with Gasteiger partial charge in [-0.2, -0.15) is 0 Å². The number of nitrogens with zero attached hydrogens (tertiary/aromatic N) is 2. The van der Waals surface area contributed by atoms with Crippen LogP contribution in [-0.4, -0.2) is 27.3 Å². The minimum Gasteiger partial charge on any atom is -0.356 e. The van der Waals surface area contributed by atoms with E-state index in [0.29, 0.717) is 24.9 Å². The molecule has 1 aliphatic rings. The van der Waals surface area contributed by atoms with Crippen LogP contribution in [0.1, 0.15) is 34.3 Å². The minimum absolute atomic E-state index is 0.172. The molecule has 1 saturated carbocycles. The number of amides is 2. The van der Waals surface area contributed by atoms with Gasteiger partial charge in [0.05, 0.1) is 5.56 Å². The molecule has 0 unspecified atom stereocenters. The highest BCUT2D eigenvalue weighted by molar-refractivity contribution is 6.00. The molecule has 7 heteroatoms. The van der Waals surface area contributed by atoms with Gasteiger partial charge in [-0.25, -0.2) is 9.97 Å². The fourth-order valence-corrected chi connectivity index (χ4v) is 3.10. The first kappa shape index (κ1) is 19.6. The zero-order valence-electron chi connectivity index (χ0n) is 16.7. The third-order valence-electron chi connectivity index (χ3n) is 5.11. The average Bonchev–Trinajstić information content (AvgIpc) is 3.56. The van der Waals surface area contributed by atoms with Crippen LogP contribution in [0.4, 0.5) is 11.4 Å². The van der Waals surface area contributed by atoms with Gasteiger partial charge < -0.3 is 16.0 Å². The van der Waals surface area contributed by atoms with E-state index in [1.807, 2.05) is 36.4 Å². The van der Waals surface area contributed by atoms with Crippen molar-refractivity contribution >= 4 is 23.2 Å². The second kappa shape index (κ2) is 8.32. The molecule has 7 nitrogen and oxygen atoms in total. The molecule has 0 spiro atoms. The van der Waals surface area contributed by atoms with Crippen LogP contribution in [0.15, 0.2) is 67.3 Å². The van der Waals surface area contributed by atoms with Gasteiger partial charge in [-0.15, -0.1) is 0 Å². The lowest BCUT2D eigenvalue weighted by molar-refractivity contribution is -0.124. The van der Waals surface area contributed by atoms with Gasteiger partial charge in [0.15, 0.2) is 0 Å². The van der Waals surface area contributed by atoms with Crippen LogP contribution >= 0.6 is 0 Å². The molecule has 3 aromatic rings. The van der Waals surface area contributed by atoms with E-state index < -0.39 is 5.54 Å². The van der Waals surface area contributed by atoms with Gasteiger partial charge in [-0.1, -0.05) is 29.8 Å². The zero-order valence-corrected chi connectivity index (χ0v) is 16.7. The molecular formula is C23H23N5O2. The average molecular weight is 401 g/mol. The number of anilines is 2. The topological polar surface area (TPSA) is 96.0 Å². The van der Waals surface area contributed by atoms with Crippen molar-refractivity contribution in [1.82, 2.24) is 20.6 Å². The molecule has 0 saturated heterocycles. The highest BCUT2D eigenvalue weighted by Crippen LogP contribution is 2.36. The molecule has 2 amide bonds. The normalized spacial score (nSPS) is 13.9. The predicted molar refractivity (Wildman–Crippen MR) is 114 cm³/mol. The second-order valence-electron chi connectivity index (χ2n) is 7.53.